The summed E-state index contributed by atoms with van der Waals surface area (Å²) in [5, 5.41) is 11.4. The molecular formula is C25H26ClNO6. The van der Waals surface area contributed by atoms with E-state index >= 15 is 0 Å². The van der Waals surface area contributed by atoms with Gasteiger partial charge in [0, 0.05) is 19.2 Å². The maximum atomic E-state index is 13.0. The van der Waals surface area contributed by atoms with E-state index < -0.39 is 17.7 Å². The Balaban J connectivity index is 2.08. The van der Waals surface area contributed by atoms with Crippen LogP contribution in [0.3, 0.4) is 0 Å². The Morgan fingerprint density at radius 3 is 2.52 bits per heavy atom. The molecule has 1 amide bonds. The van der Waals surface area contributed by atoms with Crippen molar-refractivity contribution in [2.75, 3.05) is 33.5 Å². The van der Waals surface area contributed by atoms with Gasteiger partial charge in [0.15, 0.2) is 0 Å². The molecule has 8 heteroatoms. The number of carbonyl (C=O) groups is 2. The third-order valence-corrected chi connectivity index (χ3v) is 5.44. The first-order valence-electron chi connectivity index (χ1n) is 10.5. The summed E-state index contributed by atoms with van der Waals surface area (Å²) in [6, 6.07) is 10.9. The van der Waals surface area contributed by atoms with Crippen LogP contribution in [0.2, 0.25) is 5.02 Å². The van der Waals surface area contributed by atoms with E-state index in [0.29, 0.717) is 35.8 Å². The van der Waals surface area contributed by atoms with Crippen LogP contribution in [0, 0.1) is 0 Å². The first-order chi connectivity index (χ1) is 15.9. The number of methoxy groups -OCH3 is 1. The summed E-state index contributed by atoms with van der Waals surface area (Å²) in [6.45, 7) is 6.66. The predicted octanol–water partition coefficient (Wildman–Crippen LogP) is 4.37. The maximum absolute atomic E-state index is 13.0. The topological polar surface area (TPSA) is 85.3 Å². The standard InChI is InChI=1S/C25H26ClNO6/c1-4-13-33-18-9-6-16(7-10-18)22-21(24(29)25(30)27(22)12-14-31-3)23(28)17-8-11-20(32-5-2)19(26)15-17/h4,6-11,15,22,28H,1,5,12-14H2,2-3H3/b23-21-. The molecule has 0 aliphatic carbocycles. The second kappa shape index (κ2) is 11.0. The van der Waals surface area contributed by atoms with Gasteiger partial charge in [0.05, 0.1) is 29.9 Å². The Labute approximate surface area is 197 Å². The Hall–Kier alpha value is -3.29. The molecule has 1 heterocycles. The van der Waals surface area contributed by atoms with Crippen LogP contribution in [0.15, 0.2) is 60.7 Å². The number of benzene rings is 2. The zero-order valence-corrected chi connectivity index (χ0v) is 19.3. The molecule has 2 aromatic carbocycles. The number of aliphatic hydroxyl groups excluding tert-OH is 1. The van der Waals surface area contributed by atoms with Gasteiger partial charge in [0.25, 0.3) is 11.7 Å². The minimum Gasteiger partial charge on any atom is -0.507 e. The second-order valence-electron chi connectivity index (χ2n) is 7.23. The van der Waals surface area contributed by atoms with Gasteiger partial charge in [-0.1, -0.05) is 36.4 Å². The lowest BCUT2D eigenvalue weighted by Crippen LogP contribution is -2.32. The van der Waals surface area contributed by atoms with Crippen LogP contribution in [0.25, 0.3) is 5.76 Å². The largest absolute Gasteiger partial charge is 0.507 e. The van der Waals surface area contributed by atoms with Gasteiger partial charge in [-0.3, -0.25) is 9.59 Å². The van der Waals surface area contributed by atoms with Crippen molar-refractivity contribution >= 4 is 29.1 Å². The van der Waals surface area contributed by atoms with Gasteiger partial charge in [0.2, 0.25) is 0 Å². The third-order valence-electron chi connectivity index (χ3n) is 5.15. The number of halogens is 1. The van der Waals surface area contributed by atoms with Crippen LogP contribution >= 0.6 is 11.6 Å². The smallest absolute Gasteiger partial charge is 0.295 e. The molecule has 1 atom stereocenters. The molecule has 1 aliphatic rings. The van der Waals surface area contributed by atoms with Crippen LogP contribution in [-0.4, -0.2) is 55.2 Å². The molecule has 2 aromatic rings. The van der Waals surface area contributed by atoms with Gasteiger partial charge in [-0.25, -0.2) is 0 Å². The molecule has 0 spiro atoms. The zero-order chi connectivity index (χ0) is 24.0. The number of ketones is 1. The molecule has 0 radical (unpaired) electrons. The average molecular weight is 472 g/mol. The Morgan fingerprint density at radius 1 is 1.18 bits per heavy atom. The molecule has 0 bridgehead atoms. The van der Waals surface area contributed by atoms with Gasteiger partial charge < -0.3 is 24.2 Å². The molecule has 0 saturated carbocycles. The van der Waals surface area contributed by atoms with Gasteiger partial charge in [0.1, 0.15) is 23.9 Å². The minimum atomic E-state index is -0.793. The lowest BCUT2D eigenvalue weighted by atomic mass is 9.95. The summed E-state index contributed by atoms with van der Waals surface area (Å²) >= 11 is 6.28. The highest BCUT2D eigenvalue weighted by Gasteiger charge is 2.45. The number of ether oxygens (including phenoxy) is 3. The number of nitrogens with zero attached hydrogens (tertiary/aromatic N) is 1. The van der Waals surface area contributed by atoms with E-state index in [-0.39, 0.29) is 29.5 Å². The van der Waals surface area contributed by atoms with E-state index in [2.05, 4.69) is 6.58 Å². The predicted molar refractivity (Wildman–Crippen MR) is 126 cm³/mol. The highest BCUT2D eigenvalue weighted by atomic mass is 35.5. The number of likely N-dealkylation sites (tertiary alicyclic amines) is 1. The second-order valence-corrected chi connectivity index (χ2v) is 7.64. The highest BCUT2D eigenvalue weighted by Crippen LogP contribution is 2.40. The minimum absolute atomic E-state index is 0.0175. The number of Topliss-reactive ketones (excluding diaryl/α,β-unsaturated/α-hetero) is 1. The van der Waals surface area contributed by atoms with Crippen molar-refractivity contribution in [3.8, 4) is 11.5 Å². The molecule has 3 rings (SSSR count). The normalized spacial score (nSPS) is 17.3. The van der Waals surface area contributed by atoms with Crippen molar-refractivity contribution in [1.29, 1.82) is 0 Å². The summed E-state index contributed by atoms with van der Waals surface area (Å²) in [4.78, 5) is 27.2. The van der Waals surface area contributed by atoms with Crippen molar-refractivity contribution in [3.63, 3.8) is 0 Å². The average Bonchev–Trinajstić information content (AvgIpc) is 3.07. The van der Waals surface area contributed by atoms with Crippen molar-refractivity contribution in [2.45, 2.75) is 13.0 Å². The van der Waals surface area contributed by atoms with Crippen LogP contribution in [0.5, 0.6) is 11.5 Å². The molecule has 174 valence electrons. The number of rotatable bonds is 10. The first-order valence-corrected chi connectivity index (χ1v) is 10.8. The molecule has 1 N–H and O–H groups in total. The molecule has 1 unspecified atom stereocenters. The molecule has 1 fully saturated rings. The van der Waals surface area contributed by atoms with Crippen molar-refractivity contribution in [3.05, 3.63) is 76.8 Å². The summed E-state index contributed by atoms with van der Waals surface area (Å²) in [7, 11) is 1.51. The van der Waals surface area contributed by atoms with Crippen LogP contribution < -0.4 is 9.47 Å². The molecular weight excluding hydrogens is 446 g/mol. The van der Waals surface area contributed by atoms with Crippen LogP contribution in [-0.2, 0) is 14.3 Å². The lowest BCUT2D eigenvalue weighted by Gasteiger charge is -2.25. The van der Waals surface area contributed by atoms with E-state index in [4.69, 9.17) is 25.8 Å². The molecule has 33 heavy (non-hydrogen) atoms. The van der Waals surface area contributed by atoms with E-state index in [1.807, 2.05) is 6.92 Å². The summed E-state index contributed by atoms with van der Waals surface area (Å²) in [5.74, 6) is -0.711. The summed E-state index contributed by atoms with van der Waals surface area (Å²) < 4.78 is 16.1. The SMILES string of the molecule is C=CCOc1ccc(C2/C(=C(/O)c3ccc(OCC)c(Cl)c3)C(=O)C(=O)N2CCOC)cc1. The van der Waals surface area contributed by atoms with Gasteiger partial charge in [-0.15, -0.1) is 0 Å². The van der Waals surface area contributed by atoms with Crippen molar-refractivity contribution < 1.29 is 28.9 Å². The molecule has 1 aliphatic heterocycles. The fourth-order valence-corrected chi connectivity index (χ4v) is 3.86. The van der Waals surface area contributed by atoms with Gasteiger partial charge in [-0.05, 0) is 42.8 Å². The monoisotopic (exact) mass is 471 g/mol. The van der Waals surface area contributed by atoms with Crippen molar-refractivity contribution in [1.82, 2.24) is 4.90 Å². The molecule has 1 saturated heterocycles. The Bertz CT molecular complexity index is 1060. The van der Waals surface area contributed by atoms with Crippen LogP contribution in [0.4, 0.5) is 0 Å². The van der Waals surface area contributed by atoms with Gasteiger partial charge in [-0.2, -0.15) is 0 Å². The number of hydrogen-bond acceptors (Lipinski definition) is 6. The zero-order valence-electron chi connectivity index (χ0n) is 18.5. The summed E-state index contributed by atoms with van der Waals surface area (Å²) in [6.07, 6.45) is 1.63. The van der Waals surface area contributed by atoms with E-state index in [1.54, 1.807) is 42.5 Å². The third kappa shape index (κ3) is 5.21. The summed E-state index contributed by atoms with van der Waals surface area (Å²) in [5.41, 5.74) is 0.940. The fourth-order valence-electron chi connectivity index (χ4n) is 3.62. The highest BCUT2D eigenvalue weighted by molar-refractivity contribution is 6.46. The number of aliphatic hydroxyl groups is 1. The van der Waals surface area contributed by atoms with E-state index in [1.165, 1.54) is 18.1 Å². The lowest BCUT2D eigenvalue weighted by molar-refractivity contribution is -0.140. The van der Waals surface area contributed by atoms with Crippen LogP contribution in [0.1, 0.15) is 24.1 Å². The Morgan fingerprint density at radius 2 is 1.91 bits per heavy atom. The quantitative estimate of drug-likeness (QED) is 0.240. The van der Waals surface area contributed by atoms with Gasteiger partial charge >= 0.3 is 0 Å². The number of hydrogen-bond donors (Lipinski definition) is 1. The Kier molecular flexibility index (Phi) is 8.14. The fraction of sp³-hybridized carbons (Fsp3) is 0.280. The maximum Gasteiger partial charge on any atom is 0.295 e. The molecule has 7 nitrogen and oxygen atoms in total. The van der Waals surface area contributed by atoms with E-state index in [0.717, 1.165) is 0 Å². The van der Waals surface area contributed by atoms with Crippen molar-refractivity contribution in [2.24, 2.45) is 0 Å². The first kappa shape index (κ1) is 24.4. The van der Waals surface area contributed by atoms with E-state index in [9.17, 15) is 14.7 Å². The number of amides is 1. The number of carbonyl (C=O) groups excluding carboxylic acids is 2. The molecule has 0 aromatic heterocycles.